The Kier molecular flexibility index (Phi) is 7.07. The summed E-state index contributed by atoms with van der Waals surface area (Å²) in [5, 5.41) is 5.22. The fourth-order valence-corrected chi connectivity index (χ4v) is 5.10. The molecule has 6 heteroatoms. The number of carbonyl (C=O) groups excluding carboxylic acids is 1. The van der Waals surface area contributed by atoms with Gasteiger partial charge in [-0.15, -0.1) is 0 Å². The van der Waals surface area contributed by atoms with Crippen LogP contribution in [0, 0.1) is 6.92 Å². The second-order valence-electron chi connectivity index (χ2n) is 9.21. The van der Waals surface area contributed by atoms with Crippen LogP contribution in [0.1, 0.15) is 33.6 Å². The highest BCUT2D eigenvalue weighted by Gasteiger charge is 2.24. The van der Waals surface area contributed by atoms with E-state index in [1.807, 2.05) is 48.2 Å². The van der Waals surface area contributed by atoms with Crippen LogP contribution in [0.25, 0.3) is 10.9 Å². The number of hydrogen-bond donors (Lipinski definition) is 2. The minimum atomic E-state index is 0.00322. The van der Waals surface area contributed by atoms with Gasteiger partial charge in [-0.25, -0.2) is 0 Å². The fourth-order valence-electron chi connectivity index (χ4n) is 4.88. The van der Waals surface area contributed by atoms with E-state index in [-0.39, 0.29) is 5.91 Å². The molecule has 5 rings (SSSR count). The Labute approximate surface area is 211 Å². The van der Waals surface area contributed by atoms with Crippen LogP contribution in [0.15, 0.2) is 72.8 Å². The maximum Gasteiger partial charge on any atom is 0.270 e. The quantitative estimate of drug-likeness (QED) is 0.368. The molecule has 5 nitrogen and oxygen atoms in total. The molecule has 0 bridgehead atoms. The van der Waals surface area contributed by atoms with E-state index in [9.17, 15) is 4.79 Å². The van der Waals surface area contributed by atoms with Crippen LogP contribution >= 0.6 is 11.6 Å². The van der Waals surface area contributed by atoms with E-state index < -0.39 is 0 Å². The van der Waals surface area contributed by atoms with E-state index in [1.54, 1.807) is 0 Å². The first-order valence-electron chi connectivity index (χ1n) is 12.2. The molecule has 1 aliphatic rings. The molecule has 0 radical (unpaired) electrons. The monoisotopic (exact) mass is 486 g/mol. The molecule has 1 aromatic heterocycles. The van der Waals surface area contributed by atoms with Crippen molar-refractivity contribution >= 4 is 34.1 Å². The molecule has 2 N–H and O–H groups in total. The van der Waals surface area contributed by atoms with E-state index in [0.29, 0.717) is 23.8 Å². The molecule has 0 spiro atoms. The first kappa shape index (κ1) is 23.5. The normalized spacial score (nSPS) is 15.3. The Morgan fingerprint density at radius 3 is 2.57 bits per heavy atom. The fraction of sp³-hybridized carbons (Fsp3) is 0.276. The van der Waals surface area contributed by atoms with Crippen molar-refractivity contribution in [2.24, 2.45) is 0 Å². The Bertz CT molecular complexity index is 1320. The summed E-state index contributed by atoms with van der Waals surface area (Å²) in [5.41, 5.74) is 5.89. The second-order valence-corrected chi connectivity index (χ2v) is 9.62. The lowest BCUT2D eigenvalue weighted by molar-refractivity contribution is 0.0714. The molecule has 0 fully saturated rings. The number of halogens is 1. The van der Waals surface area contributed by atoms with Crippen LogP contribution in [0.3, 0.4) is 0 Å². The summed E-state index contributed by atoms with van der Waals surface area (Å²) in [7, 11) is 0. The third kappa shape index (κ3) is 5.21. The molecule has 4 aromatic rings. The number of H-pyrrole nitrogens is 1. The van der Waals surface area contributed by atoms with Crippen molar-refractivity contribution in [3.63, 3.8) is 0 Å². The predicted molar refractivity (Wildman–Crippen MR) is 144 cm³/mol. The summed E-state index contributed by atoms with van der Waals surface area (Å²) in [6.45, 7) is 6.72. The maximum absolute atomic E-state index is 13.9. The van der Waals surface area contributed by atoms with E-state index in [2.05, 4.69) is 51.6 Å². The number of nitrogens with zero attached hydrogens (tertiary/aromatic N) is 2. The Morgan fingerprint density at radius 1 is 0.943 bits per heavy atom. The largest absolute Gasteiger partial charge is 0.385 e. The van der Waals surface area contributed by atoms with Crippen molar-refractivity contribution in [1.82, 2.24) is 14.8 Å². The van der Waals surface area contributed by atoms with Crippen molar-refractivity contribution < 1.29 is 4.79 Å². The van der Waals surface area contributed by atoms with Gasteiger partial charge in [0.05, 0.1) is 10.5 Å². The van der Waals surface area contributed by atoms with Gasteiger partial charge in [-0.3, -0.25) is 9.69 Å². The number of aryl methyl sites for hydroxylation is 1. The molecular weight excluding hydrogens is 456 g/mol. The van der Waals surface area contributed by atoms with Gasteiger partial charge in [0.15, 0.2) is 0 Å². The van der Waals surface area contributed by atoms with Gasteiger partial charge in [0.2, 0.25) is 0 Å². The number of para-hydroxylation sites is 2. The minimum absolute atomic E-state index is 0.00322. The predicted octanol–water partition coefficient (Wildman–Crippen LogP) is 6.09. The highest BCUT2D eigenvalue weighted by molar-refractivity contribution is 6.35. The lowest BCUT2D eigenvalue weighted by Gasteiger charge is -2.28. The van der Waals surface area contributed by atoms with Crippen LogP contribution in [0.5, 0.6) is 0 Å². The van der Waals surface area contributed by atoms with Crippen LogP contribution in [0.2, 0.25) is 5.02 Å². The molecule has 180 valence electrons. The minimum Gasteiger partial charge on any atom is -0.385 e. The summed E-state index contributed by atoms with van der Waals surface area (Å²) >= 11 is 6.43. The average molecular weight is 487 g/mol. The first-order valence-corrected chi connectivity index (χ1v) is 12.6. The molecule has 0 saturated carbocycles. The SMILES string of the molecule is Cc1c(C(=O)N2CCN(Cc3ccccc3)CCCNc3ccccc3C2)[nH]c2c(Cl)cccc12. The van der Waals surface area contributed by atoms with Gasteiger partial charge in [-0.1, -0.05) is 72.3 Å². The summed E-state index contributed by atoms with van der Waals surface area (Å²) in [5.74, 6) is 0.00322. The van der Waals surface area contributed by atoms with Crippen LogP contribution in [0.4, 0.5) is 5.69 Å². The number of amides is 1. The Hall–Kier alpha value is -3.28. The van der Waals surface area contributed by atoms with Gasteiger partial charge in [0.25, 0.3) is 5.91 Å². The number of nitrogens with one attached hydrogen (secondary N) is 2. The zero-order valence-electron chi connectivity index (χ0n) is 20.1. The van der Waals surface area contributed by atoms with Crippen molar-refractivity contribution in [3.8, 4) is 0 Å². The number of anilines is 1. The molecular formula is C29H31ClN4O. The molecule has 0 atom stereocenters. The Balaban J connectivity index is 1.46. The molecule has 1 amide bonds. The number of benzene rings is 3. The number of carbonyl (C=O) groups is 1. The average Bonchev–Trinajstić information content (AvgIpc) is 3.20. The lowest BCUT2D eigenvalue weighted by atomic mass is 10.1. The first-order chi connectivity index (χ1) is 17.1. The lowest BCUT2D eigenvalue weighted by Crippen LogP contribution is -2.39. The molecule has 1 aliphatic heterocycles. The van der Waals surface area contributed by atoms with E-state index >= 15 is 0 Å². The highest BCUT2D eigenvalue weighted by atomic mass is 35.5. The third-order valence-electron chi connectivity index (χ3n) is 6.82. The maximum atomic E-state index is 13.9. The third-order valence-corrected chi connectivity index (χ3v) is 7.14. The zero-order valence-corrected chi connectivity index (χ0v) is 20.8. The molecule has 0 saturated heterocycles. The zero-order chi connectivity index (χ0) is 24.2. The van der Waals surface area contributed by atoms with Gasteiger partial charge in [0, 0.05) is 50.3 Å². The van der Waals surface area contributed by atoms with Crippen LogP contribution < -0.4 is 5.32 Å². The number of aromatic amines is 1. The summed E-state index contributed by atoms with van der Waals surface area (Å²) in [6, 6.07) is 24.6. The highest BCUT2D eigenvalue weighted by Crippen LogP contribution is 2.29. The molecule has 3 aromatic carbocycles. The number of fused-ring (bicyclic) bond motifs is 2. The molecule has 0 aliphatic carbocycles. The number of aromatic nitrogens is 1. The molecule has 0 unspecified atom stereocenters. The van der Waals surface area contributed by atoms with Crippen LogP contribution in [-0.2, 0) is 13.1 Å². The van der Waals surface area contributed by atoms with E-state index in [0.717, 1.165) is 60.3 Å². The second kappa shape index (κ2) is 10.5. The van der Waals surface area contributed by atoms with Crippen molar-refractivity contribution in [2.45, 2.75) is 26.4 Å². The topological polar surface area (TPSA) is 51.4 Å². The molecule has 2 heterocycles. The number of hydrogen-bond acceptors (Lipinski definition) is 3. The smallest absolute Gasteiger partial charge is 0.270 e. The van der Waals surface area contributed by atoms with Gasteiger partial charge >= 0.3 is 0 Å². The summed E-state index contributed by atoms with van der Waals surface area (Å²) in [6.07, 6.45) is 1.04. The van der Waals surface area contributed by atoms with Crippen molar-refractivity contribution in [3.05, 3.63) is 100 Å². The van der Waals surface area contributed by atoms with Crippen LogP contribution in [-0.4, -0.2) is 46.9 Å². The van der Waals surface area contributed by atoms with Gasteiger partial charge in [-0.2, -0.15) is 0 Å². The standard InChI is InChI=1S/C29H31ClN4O/c1-21-24-12-7-13-25(30)28(24)32-27(21)29(35)34-18-17-33(19-22-9-3-2-4-10-22)16-8-15-31-26-14-6-5-11-23(26)20-34/h2-7,9-14,31-32H,8,15-20H2,1H3. The van der Waals surface area contributed by atoms with Crippen molar-refractivity contribution in [1.29, 1.82) is 0 Å². The summed E-state index contributed by atoms with van der Waals surface area (Å²) < 4.78 is 0. The van der Waals surface area contributed by atoms with Crippen molar-refractivity contribution in [2.75, 3.05) is 31.5 Å². The van der Waals surface area contributed by atoms with Gasteiger partial charge in [-0.05, 0) is 42.2 Å². The Morgan fingerprint density at radius 2 is 1.74 bits per heavy atom. The van der Waals surface area contributed by atoms with E-state index in [4.69, 9.17) is 11.6 Å². The molecule has 35 heavy (non-hydrogen) atoms. The van der Waals surface area contributed by atoms with Gasteiger partial charge < -0.3 is 15.2 Å². The summed E-state index contributed by atoms with van der Waals surface area (Å²) in [4.78, 5) is 21.7. The number of rotatable bonds is 3. The van der Waals surface area contributed by atoms with E-state index in [1.165, 1.54) is 5.56 Å². The van der Waals surface area contributed by atoms with Gasteiger partial charge in [0.1, 0.15) is 5.69 Å².